The van der Waals surface area contributed by atoms with Crippen molar-refractivity contribution >= 4 is 17.3 Å². The molecule has 6 heteroatoms. The zero-order valence-corrected chi connectivity index (χ0v) is 12.9. The molecule has 0 amide bonds. The van der Waals surface area contributed by atoms with Crippen LogP contribution in [0.4, 0.5) is 5.69 Å². The topological polar surface area (TPSA) is 69.6 Å². The van der Waals surface area contributed by atoms with E-state index in [2.05, 4.69) is 22.4 Å². The Hall–Kier alpha value is -1.62. The molecule has 0 aliphatic heterocycles. The predicted octanol–water partition coefficient (Wildman–Crippen LogP) is 3.72. The van der Waals surface area contributed by atoms with E-state index in [-0.39, 0.29) is 6.04 Å². The molecule has 2 N–H and O–H groups in total. The van der Waals surface area contributed by atoms with Gasteiger partial charge in [-0.05, 0) is 54.3 Å². The molecule has 21 heavy (non-hydrogen) atoms. The fourth-order valence-electron chi connectivity index (χ4n) is 3.18. The Bertz CT molecular complexity index is 618. The highest BCUT2D eigenvalue weighted by Gasteiger charge is 2.25. The minimum atomic E-state index is 0.271. The van der Waals surface area contributed by atoms with Crippen LogP contribution in [-0.2, 0) is 0 Å². The van der Waals surface area contributed by atoms with Crippen LogP contribution < -0.4 is 5.73 Å². The lowest BCUT2D eigenvalue weighted by atomic mass is 9.84. The highest BCUT2D eigenvalue weighted by atomic mass is 35.5. The number of anilines is 1. The van der Waals surface area contributed by atoms with Crippen molar-refractivity contribution in [3.8, 4) is 11.4 Å². The third kappa shape index (κ3) is 2.88. The van der Waals surface area contributed by atoms with E-state index in [1.165, 1.54) is 32.1 Å². The number of benzene rings is 1. The minimum absolute atomic E-state index is 0.271. The molecule has 5 nitrogen and oxygen atoms in total. The highest BCUT2D eigenvalue weighted by molar-refractivity contribution is 6.33. The van der Waals surface area contributed by atoms with E-state index in [1.54, 1.807) is 12.1 Å². The predicted molar refractivity (Wildman–Crippen MR) is 84.0 cm³/mol. The van der Waals surface area contributed by atoms with E-state index in [0.29, 0.717) is 22.5 Å². The average molecular weight is 306 g/mol. The molecule has 1 aliphatic rings. The zero-order valence-electron chi connectivity index (χ0n) is 12.2. The summed E-state index contributed by atoms with van der Waals surface area (Å²) >= 11 is 6.29. The average Bonchev–Trinajstić information content (AvgIpc) is 2.99. The molecule has 2 aromatic rings. The maximum absolute atomic E-state index is 6.29. The van der Waals surface area contributed by atoms with Crippen molar-refractivity contribution in [1.29, 1.82) is 0 Å². The molecule has 0 bridgehead atoms. The van der Waals surface area contributed by atoms with Crippen LogP contribution >= 0.6 is 11.6 Å². The number of nitrogen functional groups attached to an aromatic ring is 1. The summed E-state index contributed by atoms with van der Waals surface area (Å²) in [6.07, 6.45) is 6.42. The first-order valence-electron chi connectivity index (χ1n) is 7.50. The summed E-state index contributed by atoms with van der Waals surface area (Å²) in [6, 6.07) is 5.67. The van der Waals surface area contributed by atoms with Gasteiger partial charge in [-0.15, -0.1) is 5.10 Å². The fourth-order valence-corrected chi connectivity index (χ4v) is 3.38. The molecular weight excluding hydrogens is 286 g/mol. The van der Waals surface area contributed by atoms with E-state index >= 15 is 0 Å². The second kappa shape index (κ2) is 6.02. The fraction of sp³-hybridized carbons (Fsp3) is 0.533. The molecule has 1 atom stereocenters. The molecule has 1 fully saturated rings. The number of rotatable bonds is 3. The van der Waals surface area contributed by atoms with Crippen LogP contribution in [-0.4, -0.2) is 20.2 Å². The molecule has 1 saturated carbocycles. The van der Waals surface area contributed by atoms with Gasteiger partial charge in [0.05, 0.1) is 11.1 Å². The lowest BCUT2D eigenvalue weighted by Gasteiger charge is -2.28. The Morgan fingerprint density at radius 2 is 2.05 bits per heavy atom. The van der Waals surface area contributed by atoms with Crippen LogP contribution in [0, 0.1) is 5.92 Å². The molecule has 3 rings (SSSR count). The Morgan fingerprint density at radius 3 is 2.81 bits per heavy atom. The standard InChI is InChI=1S/C15H20ClN5/c1-10(11-5-3-2-4-6-11)21-15(18-19-20-21)13-9-12(17)7-8-14(13)16/h7-11H,2-6,17H2,1H3. The van der Waals surface area contributed by atoms with Gasteiger partial charge in [-0.1, -0.05) is 30.9 Å². The normalized spacial score (nSPS) is 17.8. The van der Waals surface area contributed by atoms with E-state index in [1.807, 2.05) is 10.7 Å². The van der Waals surface area contributed by atoms with Gasteiger partial charge in [-0.3, -0.25) is 0 Å². The van der Waals surface area contributed by atoms with Crippen LogP contribution in [0.1, 0.15) is 45.1 Å². The van der Waals surface area contributed by atoms with Gasteiger partial charge in [0, 0.05) is 11.3 Å². The first kappa shape index (κ1) is 14.3. The number of hydrogen-bond donors (Lipinski definition) is 1. The molecule has 0 radical (unpaired) electrons. The summed E-state index contributed by atoms with van der Waals surface area (Å²) in [4.78, 5) is 0. The summed E-state index contributed by atoms with van der Waals surface area (Å²) in [7, 11) is 0. The number of nitrogens with two attached hydrogens (primary N) is 1. The summed E-state index contributed by atoms with van der Waals surface area (Å²) in [6.45, 7) is 2.19. The number of nitrogens with zero attached hydrogens (tertiary/aromatic N) is 4. The molecule has 0 spiro atoms. The monoisotopic (exact) mass is 305 g/mol. The van der Waals surface area contributed by atoms with Crippen LogP contribution in [0.25, 0.3) is 11.4 Å². The Balaban J connectivity index is 1.94. The zero-order chi connectivity index (χ0) is 14.8. The quantitative estimate of drug-likeness (QED) is 0.877. The van der Waals surface area contributed by atoms with Crippen molar-refractivity contribution in [3.05, 3.63) is 23.2 Å². The van der Waals surface area contributed by atoms with Gasteiger partial charge in [0.25, 0.3) is 0 Å². The highest BCUT2D eigenvalue weighted by Crippen LogP contribution is 2.35. The molecule has 1 aromatic carbocycles. The molecule has 0 saturated heterocycles. The van der Waals surface area contributed by atoms with E-state index < -0.39 is 0 Å². The first-order chi connectivity index (χ1) is 10.2. The maximum atomic E-state index is 6.29. The van der Waals surface area contributed by atoms with Crippen molar-refractivity contribution in [3.63, 3.8) is 0 Å². The number of hydrogen-bond acceptors (Lipinski definition) is 4. The molecule has 1 unspecified atom stereocenters. The molecule has 1 heterocycles. The molecule has 1 aliphatic carbocycles. The van der Waals surface area contributed by atoms with Crippen LogP contribution in [0.2, 0.25) is 5.02 Å². The lowest BCUT2D eigenvalue weighted by Crippen LogP contribution is -2.21. The molecule has 112 valence electrons. The van der Waals surface area contributed by atoms with Gasteiger partial charge < -0.3 is 5.73 Å². The summed E-state index contributed by atoms with van der Waals surface area (Å²) < 4.78 is 1.90. The Labute approximate surface area is 129 Å². The number of aromatic nitrogens is 4. The van der Waals surface area contributed by atoms with Gasteiger partial charge in [0.1, 0.15) is 0 Å². The Kier molecular flexibility index (Phi) is 4.10. The van der Waals surface area contributed by atoms with Gasteiger partial charge >= 0.3 is 0 Å². The minimum Gasteiger partial charge on any atom is -0.399 e. The largest absolute Gasteiger partial charge is 0.399 e. The molecule has 1 aromatic heterocycles. The van der Waals surface area contributed by atoms with Crippen LogP contribution in [0.3, 0.4) is 0 Å². The van der Waals surface area contributed by atoms with Crippen molar-refractivity contribution in [1.82, 2.24) is 20.2 Å². The van der Waals surface area contributed by atoms with Crippen molar-refractivity contribution in [2.75, 3.05) is 5.73 Å². The number of tetrazole rings is 1. The van der Waals surface area contributed by atoms with Gasteiger partial charge in [-0.2, -0.15) is 0 Å². The van der Waals surface area contributed by atoms with E-state index in [0.717, 1.165) is 5.56 Å². The van der Waals surface area contributed by atoms with Crippen molar-refractivity contribution < 1.29 is 0 Å². The third-order valence-electron chi connectivity index (χ3n) is 4.44. The van der Waals surface area contributed by atoms with Gasteiger partial charge in [0.2, 0.25) is 0 Å². The summed E-state index contributed by atoms with van der Waals surface area (Å²) in [5, 5.41) is 12.8. The third-order valence-corrected chi connectivity index (χ3v) is 4.77. The molecular formula is C15H20ClN5. The second-order valence-electron chi connectivity index (χ2n) is 5.83. The van der Waals surface area contributed by atoms with Crippen LogP contribution in [0.5, 0.6) is 0 Å². The van der Waals surface area contributed by atoms with Gasteiger partial charge in [0.15, 0.2) is 5.82 Å². The summed E-state index contributed by atoms with van der Waals surface area (Å²) in [5.74, 6) is 1.33. The van der Waals surface area contributed by atoms with Gasteiger partial charge in [-0.25, -0.2) is 4.68 Å². The Morgan fingerprint density at radius 1 is 1.29 bits per heavy atom. The smallest absolute Gasteiger partial charge is 0.183 e. The second-order valence-corrected chi connectivity index (χ2v) is 6.23. The number of halogens is 1. The summed E-state index contributed by atoms with van der Waals surface area (Å²) in [5.41, 5.74) is 7.32. The maximum Gasteiger partial charge on any atom is 0.183 e. The van der Waals surface area contributed by atoms with Crippen molar-refractivity contribution in [2.45, 2.75) is 45.1 Å². The van der Waals surface area contributed by atoms with E-state index in [4.69, 9.17) is 17.3 Å². The first-order valence-corrected chi connectivity index (χ1v) is 7.88. The van der Waals surface area contributed by atoms with E-state index in [9.17, 15) is 0 Å². The van der Waals surface area contributed by atoms with Crippen LogP contribution in [0.15, 0.2) is 18.2 Å². The van der Waals surface area contributed by atoms with Crippen molar-refractivity contribution in [2.24, 2.45) is 5.92 Å². The lowest BCUT2D eigenvalue weighted by molar-refractivity contribution is 0.249. The SMILES string of the molecule is CC(C1CCCCC1)n1nnnc1-c1cc(N)ccc1Cl.